The third kappa shape index (κ3) is 3.03. The van der Waals surface area contributed by atoms with Crippen molar-refractivity contribution in [1.82, 2.24) is 0 Å². The molecule has 0 heterocycles. The number of phenolic OH excluding ortho intramolecular Hbond substituents is 1. The molecule has 0 saturated carbocycles. The molecule has 0 saturated heterocycles. The van der Waals surface area contributed by atoms with Crippen molar-refractivity contribution in [3.05, 3.63) is 54.1 Å². The molecule has 20 heavy (non-hydrogen) atoms. The SMILES string of the molecule is O=CCC(C(=O)O)c1ccc(-c2ccc(O)cc2)cc1. The van der Waals surface area contributed by atoms with Gasteiger partial charge in [0.25, 0.3) is 0 Å². The van der Waals surface area contributed by atoms with Crippen LogP contribution in [0.4, 0.5) is 0 Å². The molecular formula is C16H14O4. The number of rotatable bonds is 5. The lowest BCUT2D eigenvalue weighted by Crippen LogP contribution is -2.11. The van der Waals surface area contributed by atoms with E-state index in [1.165, 1.54) is 0 Å². The van der Waals surface area contributed by atoms with Crippen molar-refractivity contribution < 1.29 is 19.8 Å². The minimum Gasteiger partial charge on any atom is -0.508 e. The lowest BCUT2D eigenvalue weighted by atomic mass is 9.94. The first-order valence-corrected chi connectivity index (χ1v) is 6.17. The molecule has 2 aromatic carbocycles. The molecule has 1 atom stereocenters. The monoisotopic (exact) mass is 270 g/mol. The Bertz CT molecular complexity index is 599. The van der Waals surface area contributed by atoms with E-state index in [2.05, 4.69) is 0 Å². The fourth-order valence-electron chi connectivity index (χ4n) is 2.04. The third-order valence-electron chi connectivity index (χ3n) is 3.14. The Morgan fingerprint density at radius 1 is 1.00 bits per heavy atom. The molecule has 0 aliphatic carbocycles. The van der Waals surface area contributed by atoms with E-state index in [-0.39, 0.29) is 12.2 Å². The highest BCUT2D eigenvalue weighted by atomic mass is 16.4. The van der Waals surface area contributed by atoms with E-state index in [1.54, 1.807) is 36.4 Å². The molecule has 0 spiro atoms. The zero-order chi connectivity index (χ0) is 14.5. The normalized spacial score (nSPS) is 11.8. The average Bonchev–Trinajstić information content (AvgIpc) is 2.45. The molecular weight excluding hydrogens is 256 g/mol. The van der Waals surface area contributed by atoms with Gasteiger partial charge in [-0.25, -0.2) is 0 Å². The molecule has 2 N–H and O–H groups in total. The second-order valence-corrected chi connectivity index (χ2v) is 4.46. The van der Waals surface area contributed by atoms with Crippen LogP contribution in [-0.2, 0) is 9.59 Å². The molecule has 1 unspecified atom stereocenters. The largest absolute Gasteiger partial charge is 0.508 e. The fourth-order valence-corrected chi connectivity index (χ4v) is 2.04. The maximum absolute atomic E-state index is 11.1. The number of phenols is 1. The van der Waals surface area contributed by atoms with Crippen molar-refractivity contribution in [1.29, 1.82) is 0 Å². The average molecular weight is 270 g/mol. The Morgan fingerprint density at radius 2 is 1.50 bits per heavy atom. The summed E-state index contributed by atoms with van der Waals surface area (Å²) in [5, 5.41) is 18.3. The first-order chi connectivity index (χ1) is 9.61. The number of aromatic hydroxyl groups is 1. The van der Waals surface area contributed by atoms with Crippen LogP contribution in [0, 0.1) is 0 Å². The van der Waals surface area contributed by atoms with Gasteiger partial charge < -0.3 is 15.0 Å². The topological polar surface area (TPSA) is 74.6 Å². The number of carbonyl (C=O) groups excluding carboxylic acids is 1. The van der Waals surface area contributed by atoms with E-state index in [4.69, 9.17) is 5.11 Å². The van der Waals surface area contributed by atoms with Crippen molar-refractivity contribution in [3.63, 3.8) is 0 Å². The van der Waals surface area contributed by atoms with Crippen LogP contribution in [0.3, 0.4) is 0 Å². The van der Waals surface area contributed by atoms with Gasteiger partial charge in [-0.1, -0.05) is 36.4 Å². The lowest BCUT2D eigenvalue weighted by Gasteiger charge is -2.10. The summed E-state index contributed by atoms with van der Waals surface area (Å²) in [6.45, 7) is 0. The molecule has 4 heteroatoms. The molecule has 2 rings (SSSR count). The number of carboxylic acid groups (broad SMARTS) is 1. The Kier molecular flexibility index (Phi) is 4.15. The zero-order valence-electron chi connectivity index (χ0n) is 10.7. The third-order valence-corrected chi connectivity index (χ3v) is 3.14. The number of aldehydes is 1. The Labute approximate surface area is 116 Å². The number of hydrogen-bond acceptors (Lipinski definition) is 3. The van der Waals surface area contributed by atoms with Gasteiger partial charge in [-0.15, -0.1) is 0 Å². The van der Waals surface area contributed by atoms with Crippen molar-refractivity contribution in [2.75, 3.05) is 0 Å². The Hall–Kier alpha value is -2.62. The van der Waals surface area contributed by atoms with Crippen molar-refractivity contribution >= 4 is 12.3 Å². The van der Waals surface area contributed by atoms with E-state index in [0.29, 0.717) is 11.8 Å². The summed E-state index contributed by atoms with van der Waals surface area (Å²) in [7, 11) is 0. The molecule has 0 aromatic heterocycles. The van der Waals surface area contributed by atoms with E-state index in [9.17, 15) is 14.7 Å². The van der Waals surface area contributed by atoms with Gasteiger partial charge in [0.1, 0.15) is 12.0 Å². The number of hydrogen-bond donors (Lipinski definition) is 2. The van der Waals surface area contributed by atoms with E-state index in [0.717, 1.165) is 11.1 Å². The van der Waals surface area contributed by atoms with Gasteiger partial charge in [0, 0.05) is 6.42 Å². The first-order valence-electron chi connectivity index (χ1n) is 6.17. The predicted molar refractivity (Wildman–Crippen MR) is 74.6 cm³/mol. The second-order valence-electron chi connectivity index (χ2n) is 4.46. The van der Waals surface area contributed by atoms with Gasteiger partial charge >= 0.3 is 5.97 Å². The predicted octanol–water partition coefficient (Wildman–Crippen LogP) is 2.82. The molecule has 0 aliphatic heterocycles. The number of carbonyl (C=O) groups is 2. The van der Waals surface area contributed by atoms with Crippen molar-refractivity contribution in [2.24, 2.45) is 0 Å². The van der Waals surface area contributed by atoms with E-state index >= 15 is 0 Å². The molecule has 2 aromatic rings. The Balaban J connectivity index is 2.27. The standard InChI is InChI=1S/C16H14O4/c17-10-9-15(16(19)20)13-3-1-11(2-4-13)12-5-7-14(18)8-6-12/h1-8,10,15,18H,9H2,(H,19,20). The summed E-state index contributed by atoms with van der Waals surface area (Å²) in [6.07, 6.45) is 0.584. The van der Waals surface area contributed by atoms with Gasteiger partial charge in [0.15, 0.2) is 0 Å². The summed E-state index contributed by atoms with van der Waals surface area (Å²) >= 11 is 0. The smallest absolute Gasteiger partial charge is 0.311 e. The fraction of sp³-hybridized carbons (Fsp3) is 0.125. The van der Waals surface area contributed by atoms with Gasteiger partial charge in [-0.3, -0.25) is 4.79 Å². The molecule has 0 aliphatic rings. The van der Waals surface area contributed by atoms with Crippen molar-refractivity contribution in [3.8, 4) is 16.9 Å². The molecule has 0 amide bonds. The number of carboxylic acids is 1. The van der Waals surface area contributed by atoms with Gasteiger partial charge in [-0.05, 0) is 28.8 Å². The number of benzene rings is 2. The highest BCUT2D eigenvalue weighted by Crippen LogP contribution is 2.25. The maximum atomic E-state index is 11.1. The van der Waals surface area contributed by atoms with Crippen LogP contribution < -0.4 is 0 Å². The summed E-state index contributed by atoms with van der Waals surface area (Å²) in [5.74, 6) is -1.61. The summed E-state index contributed by atoms with van der Waals surface area (Å²) in [5.41, 5.74) is 2.45. The first kappa shape index (κ1) is 13.8. The van der Waals surface area contributed by atoms with Gasteiger partial charge in [-0.2, -0.15) is 0 Å². The quantitative estimate of drug-likeness (QED) is 0.819. The molecule has 0 fully saturated rings. The molecule has 0 bridgehead atoms. The lowest BCUT2D eigenvalue weighted by molar-refractivity contribution is -0.139. The van der Waals surface area contributed by atoms with Crippen LogP contribution >= 0.6 is 0 Å². The summed E-state index contributed by atoms with van der Waals surface area (Å²) in [4.78, 5) is 21.6. The zero-order valence-corrected chi connectivity index (χ0v) is 10.7. The van der Waals surface area contributed by atoms with Crippen LogP contribution in [0.1, 0.15) is 17.9 Å². The van der Waals surface area contributed by atoms with Crippen LogP contribution in [0.15, 0.2) is 48.5 Å². The van der Waals surface area contributed by atoms with E-state index in [1.807, 2.05) is 12.1 Å². The van der Waals surface area contributed by atoms with Gasteiger partial charge in [0.2, 0.25) is 0 Å². The Morgan fingerprint density at radius 3 is 1.95 bits per heavy atom. The molecule has 4 nitrogen and oxygen atoms in total. The van der Waals surface area contributed by atoms with Gasteiger partial charge in [0.05, 0.1) is 5.92 Å². The van der Waals surface area contributed by atoms with Crippen LogP contribution in [0.2, 0.25) is 0 Å². The minimum absolute atomic E-state index is 0.0338. The van der Waals surface area contributed by atoms with E-state index < -0.39 is 11.9 Å². The highest BCUT2D eigenvalue weighted by molar-refractivity contribution is 5.79. The van der Waals surface area contributed by atoms with Crippen LogP contribution in [0.25, 0.3) is 11.1 Å². The summed E-state index contributed by atoms with van der Waals surface area (Å²) < 4.78 is 0. The van der Waals surface area contributed by atoms with Crippen LogP contribution in [0.5, 0.6) is 5.75 Å². The minimum atomic E-state index is -1.01. The molecule has 102 valence electrons. The maximum Gasteiger partial charge on any atom is 0.311 e. The van der Waals surface area contributed by atoms with Crippen molar-refractivity contribution in [2.45, 2.75) is 12.3 Å². The molecule has 0 radical (unpaired) electrons. The summed E-state index contributed by atoms with van der Waals surface area (Å²) in [6, 6.07) is 13.8. The number of aliphatic carboxylic acids is 1. The second kappa shape index (κ2) is 6.02. The highest BCUT2D eigenvalue weighted by Gasteiger charge is 2.19. The van der Waals surface area contributed by atoms with Crippen LogP contribution in [-0.4, -0.2) is 22.5 Å².